The van der Waals surface area contributed by atoms with Crippen molar-refractivity contribution in [2.24, 2.45) is 0 Å². The van der Waals surface area contributed by atoms with Crippen molar-refractivity contribution < 1.29 is 13.2 Å². The minimum atomic E-state index is -4.28. The highest BCUT2D eigenvalue weighted by Gasteiger charge is 2.29. The smallest absolute Gasteiger partial charge is 0.192 e. The van der Waals surface area contributed by atoms with Crippen LogP contribution in [-0.2, 0) is 12.5 Å². The van der Waals surface area contributed by atoms with E-state index in [1.165, 1.54) is 23.7 Å². The summed E-state index contributed by atoms with van der Waals surface area (Å²) >= 11 is 1.38. The van der Waals surface area contributed by atoms with E-state index in [1.807, 2.05) is 13.9 Å². The predicted molar refractivity (Wildman–Crippen MR) is 64.8 cm³/mol. The lowest BCUT2D eigenvalue weighted by Crippen LogP contribution is -2.03. The fourth-order valence-electron chi connectivity index (χ4n) is 1.45. The van der Waals surface area contributed by atoms with Crippen LogP contribution >= 0.6 is 11.5 Å². The Hall–Kier alpha value is -1.30. The summed E-state index contributed by atoms with van der Waals surface area (Å²) in [6.07, 6.45) is -3.40. The Morgan fingerprint density at radius 1 is 1.18 bits per heavy atom. The van der Waals surface area contributed by atoms with Gasteiger partial charge in [-0.2, -0.15) is 17.5 Å². The fourth-order valence-corrected chi connectivity index (χ4v) is 2.11. The number of hydrogen-bond acceptors (Lipinski definition) is 2. The van der Waals surface area contributed by atoms with Gasteiger partial charge >= 0.3 is 6.18 Å². The largest absolute Gasteiger partial charge is 0.416 e. The molecule has 1 aromatic heterocycles. The summed E-state index contributed by atoms with van der Waals surface area (Å²) in [5, 5.41) is 0. The third kappa shape index (κ3) is 2.69. The van der Waals surface area contributed by atoms with Crippen molar-refractivity contribution in [3.05, 3.63) is 40.8 Å². The summed E-state index contributed by atoms with van der Waals surface area (Å²) in [7, 11) is 2.02. The lowest BCUT2D eigenvalue weighted by molar-refractivity contribution is -0.137. The zero-order chi connectivity index (χ0) is 12.5. The molecule has 17 heavy (non-hydrogen) atoms. The zero-order valence-electron chi connectivity index (χ0n) is 9.08. The molecule has 88 valence electrons. The molecule has 0 bridgehead atoms. The molecule has 1 aromatic carbocycles. The van der Waals surface area contributed by atoms with Crippen LogP contribution in [0.25, 0.3) is 11.3 Å². The average molecular weight is 255 g/mol. The molecule has 1 heterocycles. The second-order valence-electron chi connectivity index (χ2n) is 3.61. The van der Waals surface area contributed by atoms with Gasteiger partial charge in [-0.05, 0) is 36.1 Å². The van der Waals surface area contributed by atoms with E-state index < -0.39 is 11.7 Å². The average Bonchev–Trinajstić information content (AvgIpc) is 2.76. The number of nitrogens with zero attached hydrogens (tertiary/aromatic N) is 1. The van der Waals surface area contributed by atoms with Crippen molar-refractivity contribution >= 4 is 19.4 Å². The van der Waals surface area contributed by atoms with E-state index in [1.54, 1.807) is 0 Å². The van der Waals surface area contributed by atoms with Gasteiger partial charge in [0.15, 0.2) is 0 Å². The predicted octanol–water partition coefficient (Wildman–Crippen LogP) is 2.96. The van der Waals surface area contributed by atoms with Gasteiger partial charge in [0, 0.05) is 10.4 Å². The zero-order valence-corrected chi connectivity index (χ0v) is 9.90. The Bertz CT molecular complexity index is 504. The quantitative estimate of drug-likeness (QED) is 0.752. The van der Waals surface area contributed by atoms with Gasteiger partial charge in [0.25, 0.3) is 0 Å². The molecular weight excluding hydrogens is 246 g/mol. The SMILES string of the molecule is BCc1cc(-c2ccc(C(F)(F)F)cc2)ns1. The molecule has 1 nitrogen and oxygen atoms in total. The van der Waals surface area contributed by atoms with Crippen LogP contribution < -0.4 is 0 Å². The molecule has 0 fully saturated rings. The highest BCUT2D eigenvalue weighted by molar-refractivity contribution is 7.06. The fraction of sp³-hybridized carbons (Fsp3) is 0.182. The van der Waals surface area contributed by atoms with Crippen molar-refractivity contribution in [2.75, 3.05) is 0 Å². The van der Waals surface area contributed by atoms with Crippen LogP contribution in [0.4, 0.5) is 13.2 Å². The van der Waals surface area contributed by atoms with Gasteiger partial charge in [0.05, 0.1) is 11.3 Å². The third-order valence-corrected chi connectivity index (χ3v) is 3.34. The molecule has 0 saturated heterocycles. The molecule has 0 N–H and O–H groups in total. The first kappa shape index (κ1) is 12.2. The Morgan fingerprint density at radius 2 is 1.82 bits per heavy atom. The van der Waals surface area contributed by atoms with Crippen LogP contribution in [0.3, 0.4) is 0 Å². The first-order valence-corrected chi connectivity index (χ1v) is 5.91. The molecular formula is C11H9BF3NS. The number of halogens is 3. The second-order valence-corrected chi connectivity index (χ2v) is 4.50. The molecule has 6 heteroatoms. The van der Waals surface area contributed by atoms with Crippen LogP contribution in [0.15, 0.2) is 30.3 Å². The Morgan fingerprint density at radius 3 is 2.29 bits per heavy atom. The first-order chi connectivity index (χ1) is 8.00. The maximum Gasteiger partial charge on any atom is 0.416 e. The van der Waals surface area contributed by atoms with Crippen molar-refractivity contribution in [2.45, 2.75) is 12.5 Å². The number of rotatable bonds is 2. The van der Waals surface area contributed by atoms with Crippen molar-refractivity contribution in [3.63, 3.8) is 0 Å². The summed E-state index contributed by atoms with van der Waals surface area (Å²) in [4.78, 5) is 1.12. The summed E-state index contributed by atoms with van der Waals surface area (Å²) in [5.74, 6) is 0. The lowest BCUT2D eigenvalue weighted by atomic mass is 10.0. The first-order valence-electron chi connectivity index (χ1n) is 5.14. The topological polar surface area (TPSA) is 12.9 Å². The van der Waals surface area contributed by atoms with Gasteiger partial charge < -0.3 is 0 Å². The molecule has 0 spiro atoms. The molecule has 0 aliphatic rings. The summed E-state index contributed by atoms with van der Waals surface area (Å²) in [5.41, 5.74) is 0.821. The number of alkyl halides is 3. The lowest BCUT2D eigenvalue weighted by Gasteiger charge is -2.06. The molecule has 0 saturated carbocycles. The summed E-state index contributed by atoms with van der Waals surface area (Å²) < 4.78 is 41.3. The molecule has 0 atom stereocenters. The van der Waals surface area contributed by atoms with Crippen LogP contribution in [0.2, 0.25) is 0 Å². The maximum absolute atomic E-state index is 12.4. The Balaban J connectivity index is 2.29. The van der Waals surface area contributed by atoms with Gasteiger partial charge in [0.2, 0.25) is 0 Å². The summed E-state index contributed by atoms with van der Waals surface area (Å²) in [6.45, 7) is 0. The van der Waals surface area contributed by atoms with Crippen LogP contribution in [0.5, 0.6) is 0 Å². The number of aromatic nitrogens is 1. The normalized spacial score (nSPS) is 11.7. The highest BCUT2D eigenvalue weighted by Crippen LogP contribution is 2.31. The molecule has 0 aliphatic heterocycles. The maximum atomic E-state index is 12.4. The standard InChI is InChI=1S/C11H9BF3NS/c12-6-9-5-10(16-17-9)7-1-3-8(4-2-7)11(13,14)15/h1-5H,6,12H2. The highest BCUT2D eigenvalue weighted by atomic mass is 32.1. The second kappa shape index (κ2) is 4.53. The summed E-state index contributed by atoms with van der Waals surface area (Å²) in [6, 6.07) is 6.99. The number of benzene rings is 1. The van der Waals surface area contributed by atoms with Crippen molar-refractivity contribution in [1.29, 1.82) is 0 Å². The van der Waals surface area contributed by atoms with Gasteiger partial charge in [-0.25, -0.2) is 0 Å². The van der Waals surface area contributed by atoms with E-state index >= 15 is 0 Å². The van der Waals surface area contributed by atoms with E-state index in [2.05, 4.69) is 4.37 Å². The van der Waals surface area contributed by atoms with Crippen molar-refractivity contribution in [3.8, 4) is 11.3 Å². The van der Waals surface area contributed by atoms with Crippen LogP contribution in [-0.4, -0.2) is 12.2 Å². The third-order valence-electron chi connectivity index (χ3n) is 2.42. The van der Waals surface area contributed by atoms with Gasteiger partial charge in [-0.15, -0.1) is 0 Å². The van der Waals surface area contributed by atoms with E-state index in [0.717, 1.165) is 29.0 Å². The van der Waals surface area contributed by atoms with E-state index in [9.17, 15) is 13.2 Å². The molecule has 2 aromatic rings. The van der Waals surface area contributed by atoms with E-state index in [0.29, 0.717) is 5.56 Å². The Kier molecular flexibility index (Phi) is 3.24. The van der Waals surface area contributed by atoms with Crippen LogP contribution in [0.1, 0.15) is 10.4 Å². The van der Waals surface area contributed by atoms with Crippen LogP contribution in [0, 0.1) is 0 Å². The molecule has 2 rings (SSSR count). The van der Waals surface area contributed by atoms with E-state index in [4.69, 9.17) is 0 Å². The minimum absolute atomic E-state index is 0.632. The molecule has 0 amide bonds. The van der Waals surface area contributed by atoms with Gasteiger partial charge in [-0.3, -0.25) is 0 Å². The molecule has 0 aliphatic carbocycles. The van der Waals surface area contributed by atoms with E-state index in [-0.39, 0.29) is 0 Å². The minimum Gasteiger partial charge on any atom is -0.192 e. The Labute approximate surface area is 102 Å². The molecule has 0 unspecified atom stereocenters. The van der Waals surface area contributed by atoms with Gasteiger partial charge in [0.1, 0.15) is 7.85 Å². The molecule has 0 radical (unpaired) electrons. The van der Waals surface area contributed by atoms with Gasteiger partial charge in [-0.1, -0.05) is 12.1 Å². The van der Waals surface area contributed by atoms with Crippen molar-refractivity contribution in [1.82, 2.24) is 4.37 Å². The number of hydrogen-bond donors (Lipinski definition) is 0. The monoisotopic (exact) mass is 255 g/mol.